The number of ether oxygens (including phenoxy) is 1. The Morgan fingerprint density at radius 1 is 1.40 bits per heavy atom. The van der Waals surface area contributed by atoms with Gasteiger partial charge >= 0.3 is 0 Å². The highest BCUT2D eigenvalue weighted by atomic mass is 79.9. The fraction of sp³-hybridized carbons (Fsp3) is 0.429. The maximum Gasteiger partial charge on any atom is 0.258 e. The third kappa shape index (κ3) is 4.52. The molecule has 5 nitrogen and oxygen atoms in total. The topological polar surface area (TPSA) is 72.6 Å². The summed E-state index contributed by atoms with van der Waals surface area (Å²) >= 11 is 3.33. The van der Waals surface area contributed by atoms with Crippen molar-refractivity contribution in [1.82, 2.24) is 4.90 Å². The van der Waals surface area contributed by atoms with E-state index in [-0.39, 0.29) is 12.5 Å². The molecule has 2 amide bonds. The van der Waals surface area contributed by atoms with Crippen LogP contribution in [0.5, 0.6) is 5.75 Å². The Bertz CT molecular complexity index is 491. The van der Waals surface area contributed by atoms with Gasteiger partial charge in [0.1, 0.15) is 5.75 Å². The molecular formula is C14H19BrN2O3. The molecule has 2 N–H and O–H groups in total. The second-order valence-electron chi connectivity index (χ2n) is 4.39. The van der Waals surface area contributed by atoms with Crippen molar-refractivity contribution in [1.29, 1.82) is 0 Å². The van der Waals surface area contributed by atoms with E-state index in [9.17, 15) is 9.59 Å². The predicted molar refractivity (Wildman–Crippen MR) is 80.7 cm³/mol. The van der Waals surface area contributed by atoms with E-state index < -0.39 is 5.91 Å². The summed E-state index contributed by atoms with van der Waals surface area (Å²) in [6, 6.07) is 5.15. The fourth-order valence-electron chi connectivity index (χ4n) is 1.80. The van der Waals surface area contributed by atoms with Gasteiger partial charge in [-0.05, 0) is 24.6 Å². The minimum atomic E-state index is -0.523. The van der Waals surface area contributed by atoms with Crippen LogP contribution in [0.1, 0.15) is 30.1 Å². The number of nitrogens with zero attached hydrogens (tertiary/aromatic N) is 1. The van der Waals surface area contributed by atoms with Crippen molar-refractivity contribution in [3.63, 3.8) is 0 Å². The molecule has 1 aromatic rings. The van der Waals surface area contributed by atoms with Gasteiger partial charge in [0.15, 0.2) is 0 Å². The smallest absolute Gasteiger partial charge is 0.258 e. The molecule has 6 heteroatoms. The monoisotopic (exact) mass is 342 g/mol. The van der Waals surface area contributed by atoms with Crippen LogP contribution >= 0.6 is 15.9 Å². The average molecular weight is 343 g/mol. The molecule has 0 saturated carbocycles. The number of benzene rings is 1. The van der Waals surface area contributed by atoms with E-state index in [1.54, 1.807) is 18.2 Å². The lowest BCUT2D eigenvalue weighted by atomic mass is 10.1. The van der Waals surface area contributed by atoms with Gasteiger partial charge in [0.25, 0.3) is 5.91 Å². The highest BCUT2D eigenvalue weighted by Crippen LogP contribution is 2.24. The van der Waals surface area contributed by atoms with Gasteiger partial charge in [-0.25, -0.2) is 0 Å². The highest BCUT2D eigenvalue weighted by Gasteiger charge is 2.20. The Morgan fingerprint density at radius 2 is 2.10 bits per heavy atom. The molecule has 0 heterocycles. The van der Waals surface area contributed by atoms with E-state index in [4.69, 9.17) is 10.5 Å². The summed E-state index contributed by atoms with van der Waals surface area (Å²) in [7, 11) is 1.50. The number of hydrogen-bond acceptors (Lipinski definition) is 3. The van der Waals surface area contributed by atoms with E-state index in [0.29, 0.717) is 17.9 Å². The molecule has 0 spiro atoms. The lowest BCUT2D eigenvalue weighted by Crippen LogP contribution is -2.39. The minimum Gasteiger partial charge on any atom is -0.496 e. The molecule has 1 aromatic carbocycles. The molecule has 0 aliphatic heterocycles. The van der Waals surface area contributed by atoms with E-state index >= 15 is 0 Å². The second kappa shape index (κ2) is 7.89. The SMILES string of the molecule is CCCCN(CC(N)=O)C(=O)c1ccc(Br)cc1OC. The van der Waals surface area contributed by atoms with E-state index in [2.05, 4.69) is 15.9 Å². The van der Waals surface area contributed by atoms with Gasteiger partial charge in [-0.2, -0.15) is 0 Å². The van der Waals surface area contributed by atoms with E-state index in [1.807, 2.05) is 6.92 Å². The maximum atomic E-state index is 12.5. The van der Waals surface area contributed by atoms with Gasteiger partial charge in [0.05, 0.1) is 19.2 Å². The minimum absolute atomic E-state index is 0.0853. The third-order valence-corrected chi connectivity index (χ3v) is 3.30. The second-order valence-corrected chi connectivity index (χ2v) is 5.31. The van der Waals surface area contributed by atoms with Crippen LogP contribution in [0.4, 0.5) is 0 Å². The quantitative estimate of drug-likeness (QED) is 0.825. The predicted octanol–water partition coefficient (Wildman–Crippen LogP) is 2.19. The van der Waals surface area contributed by atoms with Crippen molar-refractivity contribution < 1.29 is 14.3 Å². The van der Waals surface area contributed by atoms with Crippen molar-refractivity contribution in [3.8, 4) is 5.75 Å². The Morgan fingerprint density at radius 3 is 2.65 bits per heavy atom. The van der Waals surface area contributed by atoms with Crippen LogP contribution in [0.2, 0.25) is 0 Å². The zero-order valence-corrected chi connectivity index (χ0v) is 13.3. The van der Waals surface area contributed by atoms with Crippen molar-refractivity contribution in [2.24, 2.45) is 5.73 Å². The number of primary amides is 1. The van der Waals surface area contributed by atoms with Gasteiger partial charge in [0, 0.05) is 11.0 Å². The third-order valence-electron chi connectivity index (χ3n) is 2.81. The zero-order valence-electron chi connectivity index (χ0n) is 11.7. The molecule has 0 atom stereocenters. The number of rotatable bonds is 7. The number of nitrogens with two attached hydrogens (primary N) is 1. The normalized spacial score (nSPS) is 10.2. The summed E-state index contributed by atoms with van der Waals surface area (Å²) < 4.78 is 6.03. The molecule has 0 aliphatic rings. The summed E-state index contributed by atoms with van der Waals surface area (Å²) in [5.41, 5.74) is 5.63. The van der Waals surface area contributed by atoms with Crippen molar-refractivity contribution in [2.75, 3.05) is 20.2 Å². The average Bonchev–Trinajstić information content (AvgIpc) is 2.42. The Kier molecular flexibility index (Phi) is 6.51. The van der Waals surface area contributed by atoms with Crippen LogP contribution in [0.3, 0.4) is 0 Å². The van der Waals surface area contributed by atoms with Gasteiger partial charge in [-0.15, -0.1) is 0 Å². The van der Waals surface area contributed by atoms with Crippen molar-refractivity contribution >= 4 is 27.7 Å². The summed E-state index contributed by atoms with van der Waals surface area (Å²) in [5, 5.41) is 0. The summed E-state index contributed by atoms with van der Waals surface area (Å²) in [4.78, 5) is 25.1. The van der Waals surface area contributed by atoms with Crippen molar-refractivity contribution in [3.05, 3.63) is 28.2 Å². The van der Waals surface area contributed by atoms with Crippen LogP contribution in [0, 0.1) is 0 Å². The van der Waals surface area contributed by atoms with Crippen LogP contribution in [0.15, 0.2) is 22.7 Å². The van der Waals surface area contributed by atoms with E-state index in [1.165, 1.54) is 12.0 Å². The number of carbonyl (C=O) groups excluding carboxylic acids is 2. The molecule has 0 aromatic heterocycles. The lowest BCUT2D eigenvalue weighted by molar-refractivity contribution is -0.118. The Balaban J connectivity index is 3.01. The molecule has 0 bridgehead atoms. The number of halogens is 1. The van der Waals surface area contributed by atoms with Crippen LogP contribution in [-0.4, -0.2) is 36.9 Å². The molecule has 0 unspecified atom stereocenters. The summed E-state index contributed by atoms with van der Waals surface area (Å²) in [5.74, 6) is -0.303. The van der Waals surface area contributed by atoms with Crippen LogP contribution in [0.25, 0.3) is 0 Å². The molecule has 0 aliphatic carbocycles. The first-order chi connectivity index (χ1) is 9.49. The summed E-state index contributed by atoms with van der Waals surface area (Å²) in [6.07, 6.45) is 1.75. The van der Waals surface area contributed by atoms with Gasteiger partial charge < -0.3 is 15.4 Å². The van der Waals surface area contributed by atoms with Gasteiger partial charge in [-0.1, -0.05) is 29.3 Å². The first-order valence-corrected chi connectivity index (χ1v) is 7.20. The molecule has 20 heavy (non-hydrogen) atoms. The molecule has 0 radical (unpaired) electrons. The molecule has 0 fully saturated rings. The number of methoxy groups -OCH3 is 1. The molecule has 1 rings (SSSR count). The van der Waals surface area contributed by atoms with Gasteiger partial charge in [-0.3, -0.25) is 9.59 Å². The zero-order chi connectivity index (χ0) is 15.1. The maximum absolute atomic E-state index is 12.5. The number of unbranched alkanes of at least 4 members (excludes halogenated alkanes) is 1. The molecular weight excluding hydrogens is 324 g/mol. The molecule has 110 valence electrons. The Hall–Kier alpha value is -1.56. The lowest BCUT2D eigenvalue weighted by Gasteiger charge is -2.22. The fourth-order valence-corrected chi connectivity index (χ4v) is 2.14. The first kappa shape index (κ1) is 16.5. The molecule has 0 saturated heterocycles. The number of hydrogen-bond donors (Lipinski definition) is 1. The largest absolute Gasteiger partial charge is 0.496 e. The Labute approximate surface area is 127 Å². The van der Waals surface area contributed by atoms with Crippen molar-refractivity contribution in [2.45, 2.75) is 19.8 Å². The standard InChI is InChI=1S/C14H19BrN2O3/c1-3-4-7-17(9-13(16)18)14(19)11-6-5-10(15)8-12(11)20-2/h5-6,8H,3-4,7,9H2,1-2H3,(H2,16,18). The first-order valence-electron chi connectivity index (χ1n) is 6.40. The van der Waals surface area contributed by atoms with Gasteiger partial charge in [0.2, 0.25) is 5.91 Å². The van der Waals surface area contributed by atoms with E-state index in [0.717, 1.165) is 17.3 Å². The van der Waals surface area contributed by atoms with Crippen LogP contribution in [-0.2, 0) is 4.79 Å². The highest BCUT2D eigenvalue weighted by molar-refractivity contribution is 9.10. The number of carbonyl (C=O) groups is 2. The van der Waals surface area contributed by atoms with Crippen LogP contribution < -0.4 is 10.5 Å². The summed E-state index contributed by atoms with van der Waals surface area (Å²) in [6.45, 7) is 2.43. The number of amides is 2.